The van der Waals surface area contributed by atoms with Crippen LogP contribution >= 0.6 is 0 Å². The topological polar surface area (TPSA) is 106 Å². The van der Waals surface area contributed by atoms with Crippen LogP contribution in [0.1, 0.15) is 48.5 Å². The number of rotatable bonds is 6. The molecule has 0 bridgehead atoms. The Labute approximate surface area is 169 Å². The van der Waals surface area contributed by atoms with Gasteiger partial charge in [0.2, 0.25) is 0 Å². The second kappa shape index (κ2) is 8.50. The third-order valence-corrected chi connectivity index (χ3v) is 5.53. The summed E-state index contributed by atoms with van der Waals surface area (Å²) in [7, 11) is 0. The number of aromatic amines is 1. The molecule has 1 saturated heterocycles. The summed E-state index contributed by atoms with van der Waals surface area (Å²) in [5.74, 6) is -0.123. The van der Waals surface area contributed by atoms with Crippen molar-refractivity contribution in [2.75, 3.05) is 25.0 Å². The maximum Gasteiger partial charge on any atom is 0.255 e. The molecule has 150 valence electrons. The van der Waals surface area contributed by atoms with Crippen molar-refractivity contribution in [3.63, 3.8) is 0 Å². The van der Waals surface area contributed by atoms with Gasteiger partial charge >= 0.3 is 0 Å². The first-order valence-corrected chi connectivity index (χ1v) is 10.3. The predicted molar refractivity (Wildman–Crippen MR) is 115 cm³/mol. The van der Waals surface area contributed by atoms with E-state index in [1.54, 1.807) is 12.3 Å². The summed E-state index contributed by atoms with van der Waals surface area (Å²) in [6.07, 6.45) is 6.23. The quantitative estimate of drug-likeness (QED) is 0.517. The zero-order valence-corrected chi connectivity index (χ0v) is 16.6. The van der Waals surface area contributed by atoms with Gasteiger partial charge in [-0.05, 0) is 50.9 Å². The van der Waals surface area contributed by atoms with Crippen molar-refractivity contribution >= 4 is 33.5 Å². The minimum Gasteiger partial charge on any atom is -0.383 e. The lowest BCUT2D eigenvalue weighted by molar-refractivity contribution is 0.0952. The number of carbonyl (C=O) groups is 1. The summed E-state index contributed by atoms with van der Waals surface area (Å²) in [4.78, 5) is 20.8. The summed E-state index contributed by atoms with van der Waals surface area (Å²) in [5, 5.41) is 20.0. The van der Waals surface area contributed by atoms with Crippen LogP contribution in [0.5, 0.6) is 0 Å². The van der Waals surface area contributed by atoms with Crippen LogP contribution in [0.15, 0.2) is 24.4 Å². The number of nitriles is 1. The number of anilines is 1. The molecule has 0 saturated carbocycles. The molecule has 1 unspecified atom stereocenters. The number of hydrogen-bond acceptors (Lipinski definition) is 5. The average Bonchev–Trinajstić information content (AvgIpc) is 3.13. The first-order chi connectivity index (χ1) is 14.2. The molecule has 7 nitrogen and oxygen atoms in total. The van der Waals surface area contributed by atoms with E-state index >= 15 is 0 Å². The minimum absolute atomic E-state index is 0.123. The Balaban J connectivity index is 1.61. The van der Waals surface area contributed by atoms with Crippen molar-refractivity contribution in [2.24, 2.45) is 0 Å². The van der Waals surface area contributed by atoms with E-state index in [0.29, 0.717) is 30.3 Å². The normalized spacial score (nSPS) is 16.6. The van der Waals surface area contributed by atoms with Gasteiger partial charge in [-0.25, -0.2) is 0 Å². The van der Waals surface area contributed by atoms with Gasteiger partial charge in [0, 0.05) is 36.2 Å². The van der Waals surface area contributed by atoms with Crippen molar-refractivity contribution in [1.29, 1.82) is 5.26 Å². The van der Waals surface area contributed by atoms with Crippen LogP contribution in [0.4, 0.5) is 5.69 Å². The molecule has 1 aromatic carbocycles. The minimum atomic E-state index is -0.123. The number of pyridine rings is 1. The number of H-pyrrole nitrogens is 1. The molecule has 0 radical (unpaired) electrons. The molecular weight excluding hydrogens is 364 g/mol. The summed E-state index contributed by atoms with van der Waals surface area (Å²) in [5.41, 5.74) is 4.29. The van der Waals surface area contributed by atoms with Crippen LogP contribution in [0.25, 0.3) is 21.9 Å². The molecule has 0 spiro atoms. The Morgan fingerprint density at radius 3 is 3.03 bits per heavy atom. The number of carbonyl (C=O) groups excluding carboxylic acids is 1. The van der Waals surface area contributed by atoms with E-state index in [1.165, 1.54) is 19.3 Å². The molecule has 29 heavy (non-hydrogen) atoms. The van der Waals surface area contributed by atoms with Gasteiger partial charge in [-0.15, -0.1) is 0 Å². The molecule has 1 fully saturated rings. The third kappa shape index (κ3) is 3.89. The number of nitrogens with zero attached hydrogens (tertiary/aromatic N) is 2. The summed E-state index contributed by atoms with van der Waals surface area (Å²) >= 11 is 0. The van der Waals surface area contributed by atoms with Gasteiger partial charge < -0.3 is 20.9 Å². The molecule has 4 rings (SSSR count). The van der Waals surface area contributed by atoms with Crippen molar-refractivity contribution in [3.8, 4) is 6.07 Å². The summed E-state index contributed by atoms with van der Waals surface area (Å²) in [6.45, 7) is 4.39. The molecule has 3 aromatic rings. The second-order valence-electron chi connectivity index (χ2n) is 7.49. The third-order valence-electron chi connectivity index (χ3n) is 5.53. The van der Waals surface area contributed by atoms with Gasteiger partial charge in [-0.2, -0.15) is 5.26 Å². The fourth-order valence-corrected chi connectivity index (χ4v) is 4.05. The first kappa shape index (κ1) is 19.2. The van der Waals surface area contributed by atoms with E-state index in [4.69, 9.17) is 5.26 Å². The predicted octanol–water partition coefficient (Wildman–Crippen LogP) is 3.28. The van der Waals surface area contributed by atoms with E-state index < -0.39 is 0 Å². The molecule has 3 heterocycles. The van der Waals surface area contributed by atoms with E-state index in [0.717, 1.165) is 40.6 Å². The van der Waals surface area contributed by atoms with Crippen LogP contribution in [-0.4, -0.2) is 41.6 Å². The van der Waals surface area contributed by atoms with Crippen LogP contribution < -0.4 is 16.0 Å². The maximum absolute atomic E-state index is 12.9. The van der Waals surface area contributed by atoms with Crippen LogP contribution in [0, 0.1) is 11.3 Å². The Bertz CT molecular complexity index is 1070. The largest absolute Gasteiger partial charge is 0.383 e. The monoisotopic (exact) mass is 390 g/mol. The highest BCUT2D eigenvalue weighted by Crippen LogP contribution is 2.31. The molecular formula is C22H26N6O. The van der Waals surface area contributed by atoms with E-state index in [-0.39, 0.29) is 5.91 Å². The molecule has 7 heteroatoms. The van der Waals surface area contributed by atoms with E-state index in [2.05, 4.69) is 32.0 Å². The van der Waals surface area contributed by atoms with Gasteiger partial charge in [-0.3, -0.25) is 9.78 Å². The van der Waals surface area contributed by atoms with E-state index in [1.807, 2.05) is 19.1 Å². The lowest BCUT2D eigenvalue weighted by atomic mass is 10.0. The average molecular weight is 390 g/mol. The molecule has 1 aliphatic heterocycles. The first-order valence-electron chi connectivity index (χ1n) is 10.3. The van der Waals surface area contributed by atoms with Crippen molar-refractivity contribution < 1.29 is 4.79 Å². The number of piperidine rings is 1. The van der Waals surface area contributed by atoms with Gasteiger partial charge in [0.05, 0.1) is 33.9 Å². The SMILES string of the molecule is CCNc1c(C(=O)NCCC2CCCCN2)cnc2c1[nH]c1cc(C#N)ccc12. The number of nitrogens with one attached hydrogen (secondary N) is 4. The van der Waals surface area contributed by atoms with Gasteiger partial charge in [0.25, 0.3) is 5.91 Å². The van der Waals surface area contributed by atoms with Crippen molar-refractivity contribution in [1.82, 2.24) is 20.6 Å². The number of aromatic nitrogens is 2. The fraction of sp³-hybridized carbons (Fsp3) is 0.409. The van der Waals surface area contributed by atoms with Crippen molar-refractivity contribution in [3.05, 3.63) is 35.5 Å². The molecule has 1 atom stereocenters. The number of fused-ring (bicyclic) bond motifs is 3. The Morgan fingerprint density at radius 1 is 1.38 bits per heavy atom. The van der Waals surface area contributed by atoms with Crippen LogP contribution in [0.2, 0.25) is 0 Å². The molecule has 1 aliphatic rings. The second-order valence-corrected chi connectivity index (χ2v) is 7.49. The lowest BCUT2D eigenvalue weighted by Gasteiger charge is -2.23. The number of benzene rings is 1. The van der Waals surface area contributed by atoms with Gasteiger partial charge in [0.15, 0.2) is 0 Å². The van der Waals surface area contributed by atoms with Gasteiger partial charge in [0.1, 0.15) is 0 Å². The highest BCUT2D eigenvalue weighted by Gasteiger charge is 2.19. The summed E-state index contributed by atoms with van der Waals surface area (Å²) < 4.78 is 0. The Hall–Kier alpha value is -3.11. The molecule has 2 aromatic heterocycles. The fourth-order valence-electron chi connectivity index (χ4n) is 4.05. The molecule has 0 aliphatic carbocycles. The standard InChI is InChI=1S/C22H26N6O/c1-2-24-20-17(22(29)26-10-8-15-5-3-4-9-25-15)13-27-19-16-7-6-14(12-23)11-18(16)28-21(19)20/h6-7,11,13,15,25,28H,2-5,8-10H2,1H3,(H,24,27)(H,26,29). The van der Waals surface area contributed by atoms with Crippen LogP contribution in [-0.2, 0) is 0 Å². The molecule has 1 amide bonds. The Kier molecular flexibility index (Phi) is 5.63. The zero-order chi connectivity index (χ0) is 20.2. The molecule has 4 N–H and O–H groups in total. The zero-order valence-electron chi connectivity index (χ0n) is 16.6. The lowest BCUT2D eigenvalue weighted by Crippen LogP contribution is -2.37. The number of amides is 1. The highest BCUT2D eigenvalue weighted by atomic mass is 16.1. The highest BCUT2D eigenvalue weighted by molar-refractivity contribution is 6.13. The van der Waals surface area contributed by atoms with Crippen LogP contribution in [0.3, 0.4) is 0 Å². The smallest absolute Gasteiger partial charge is 0.255 e. The van der Waals surface area contributed by atoms with E-state index in [9.17, 15) is 4.79 Å². The van der Waals surface area contributed by atoms with Gasteiger partial charge in [-0.1, -0.05) is 6.42 Å². The Morgan fingerprint density at radius 2 is 2.28 bits per heavy atom. The summed E-state index contributed by atoms with van der Waals surface area (Å²) in [6, 6.07) is 8.13. The van der Waals surface area contributed by atoms with Crippen molar-refractivity contribution in [2.45, 2.75) is 38.6 Å². The maximum atomic E-state index is 12.9. The number of hydrogen-bond donors (Lipinski definition) is 4.